The van der Waals surface area contributed by atoms with E-state index >= 15 is 0 Å². The summed E-state index contributed by atoms with van der Waals surface area (Å²) in [5.74, 6) is -1.16. The van der Waals surface area contributed by atoms with Gasteiger partial charge in [0.15, 0.2) is 0 Å². The van der Waals surface area contributed by atoms with E-state index in [-0.39, 0.29) is 6.10 Å². The molecule has 1 aromatic carbocycles. The van der Waals surface area contributed by atoms with Gasteiger partial charge in [-0.1, -0.05) is 36.4 Å². The maximum atomic E-state index is 11.8. The molecule has 1 saturated heterocycles. The minimum absolute atomic E-state index is 0.0950. The van der Waals surface area contributed by atoms with E-state index in [1.807, 2.05) is 35.7 Å². The Hall–Kier alpha value is -2.22. The number of hydrogen-bond acceptors (Lipinski definition) is 5. The van der Waals surface area contributed by atoms with Crippen LogP contribution in [-0.2, 0) is 20.9 Å². The summed E-state index contributed by atoms with van der Waals surface area (Å²) in [4.78, 5) is 27.0. The van der Waals surface area contributed by atoms with Crippen LogP contribution < -0.4 is 10.6 Å². The van der Waals surface area contributed by atoms with E-state index < -0.39 is 11.8 Å². The molecule has 2 aromatic rings. The lowest BCUT2D eigenvalue weighted by molar-refractivity contribution is -0.139. The van der Waals surface area contributed by atoms with Crippen molar-refractivity contribution < 1.29 is 14.3 Å². The Morgan fingerprint density at radius 1 is 1.11 bits per heavy atom. The molecule has 1 aliphatic heterocycles. The van der Waals surface area contributed by atoms with Crippen molar-refractivity contribution in [3.8, 4) is 0 Å². The maximum Gasteiger partial charge on any atom is 0.309 e. The Labute approximate surface area is 163 Å². The number of amides is 2. The highest BCUT2D eigenvalue weighted by atomic mass is 32.1. The van der Waals surface area contributed by atoms with Gasteiger partial charge in [0.1, 0.15) is 0 Å². The van der Waals surface area contributed by atoms with E-state index in [1.54, 1.807) is 11.3 Å². The summed E-state index contributed by atoms with van der Waals surface area (Å²) < 4.78 is 5.86. The molecular weight excluding hydrogens is 362 g/mol. The van der Waals surface area contributed by atoms with Crippen molar-refractivity contribution in [2.75, 3.05) is 32.8 Å². The van der Waals surface area contributed by atoms with Gasteiger partial charge in [-0.2, -0.15) is 0 Å². The van der Waals surface area contributed by atoms with Crippen molar-refractivity contribution in [1.29, 1.82) is 0 Å². The zero-order chi connectivity index (χ0) is 18.9. The Balaban J connectivity index is 1.32. The molecule has 3 rings (SSSR count). The Morgan fingerprint density at radius 3 is 2.70 bits per heavy atom. The molecule has 6 nitrogen and oxygen atoms in total. The average Bonchev–Trinajstić information content (AvgIpc) is 3.24. The predicted molar refractivity (Wildman–Crippen MR) is 105 cm³/mol. The van der Waals surface area contributed by atoms with Gasteiger partial charge in [-0.3, -0.25) is 14.5 Å². The Kier molecular flexibility index (Phi) is 7.38. The molecule has 2 amide bonds. The highest BCUT2D eigenvalue weighted by Gasteiger charge is 2.21. The summed E-state index contributed by atoms with van der Waals surface area (Å²) in [6, 6.07) is 14.1. The first kappa shape index (κ1) is 19.5. The summed E-state index contributed by atoms with van der Waals surface area (Å²) in [6.07, 6.45) is 0.892. The van der Waals surface area contributed by atoms with Gasteiger partial charge in [-0.15, -0.1) is 11.3 Å². The third kappa shape index (κ3) is 6.16. The molecule has 1 aromatic heterocycles. The largest absolute Gasteiger partial charge is 0.371 e. The second-order valence-corrected chi connectivity index (χ2v) is 7.47. The van der Waals surface area contributed by atoms with Crippen molar-refractivity contribution in [3.05, 3.63) is 58.3 Å². The van der Waals surface area contributed by atoms with Crippen LogP contribution in [0.2, 0.25) is 0 Å². The van der Waals surface area contributed by atoms with Crippen LogP contribution in [0.3, 0.4) is 0 Å². The molecule has 0 unspecified atom stereocenters. The fraction of sp³-hybridized carbons (Fsp3) is 0.400. The van der Waals surface area contributed by atoms with Gasteiger partial charge in [0.2, 0.25) is 0 Å². The normalized spacial score (nSPS) is 17.4. The smallest absolute Gasteiger partial charge is 0.309 e. The van der Waals surface area contributed by atoms with Crippen molar-refractivity contribution in [1.82, 2.24) is 15.5 Å². The number of thiophene rings is 1. The summed E-state index contributed by atoms with van der Waals surface area (Å²) in [7, 11) is 0. The van der Waals surface area contributed by atoms with Crippen molar-refractivity contribution >= 4 is 23.2 Å². The number of benzene rings is 1. The SMILES string of the molecule is O=C(NCCCN1CCO[C@@H](c2ccccc2)C1)C(=O)NCc1cccs1. The maximum absolute atomic E-state index is 11.8. The second kappa shape index (κ2) is 10.2. The predicted octanol–water partition coefficient (Wildman–Crippen LogP) is 1.94. The molecule has 0 aliphatic carbocycles. The van der Waals surface area contributed by atoms with Gasteiger partial charge in [-0.25, -0.2) is 0 Å². The molecule has 0 radical (unpaired) electrons. The first-order valence-electron chi connectivity index (χ1n) is 9.19. The molecule has 27 heavy (non-hydrogen) atoms. The molecule has 2 heterocycles. The second-order valence-electron chi connectivity index (χ2n) is 6.44. The molecule has 0 spiro atoms. The van der Waals surface area contributed by atoms with Crippen molar-refractivity contribution in [3.63, 3.8) is 0 Å². The number of morpholine rings is 1. The van der Waals surface area contributed by atoms with E-state index in [0.717, 1.165) is 30.9 Å². The molecule has 0 saturated carbocycles. The van der Waals surface area contributed by atoms with Crippen LogP contribution in [0.25, 0.3) is 0 Å². The number of carbonyl (C=O) groups excluding carboxylic acids is 2. The summed E-state index contributed by atoms with van der Waals surface area (Å²) in [5, 5.41) is 7.26. The van der Waals surface area contributed by atoms with Crippen molar-refractivity contribution in [2.24, 2.45) is 0 Å². The molecule has 7 heteroatoms. The zero-order valence-corrected chi connectivity index (χ0v) is 16.0. The van der Waals surface area contributed by atoms with Gasteiger partial charge in [0.05, 0.1) is 19.3 Å². The van der Waals surface area contributed by atoms with E-state index in [4.69, 9.17) is 4.74 Å². The summed E-state index contributed by atoms with van der Waals surface area (Å²) in [5.41, 5.74) is 1.19. The average molecular weight is 388 g/mol. The first-order chi connectivity index (χ1) is 13.2. The minimum atomic E-state index is -0.584. The Morgan fingerprint density at radius 2 is 1.93 bits per heavy atom. The molecule has 2 N–H and O–H groups in total. The van der Waals surface area contributed by atoms with Gasteiger partial charge in [0, 0.05) is 31.1 Å². The third-order valence-electron chi connectivity index (χ3n) is 4.47. The minimum Gasteiger partial charge on any atom is -0.371 e. The fourth-order valence-corrected chi connectivity index (χ4v) is 3.67. The quantitative estimate of drug-likeness (QED) is 0.563. The standard InChI is InChI=1S/C20H25N3O3S/c24-19(20(25)22-14-17-8-4-13-27-17)21-9-5-10-23-11-12-26-18(15-23)16-6-2-1-3-7-16/h1-4,6-8,13,18H,5,9-12,14-15H2,(H,21,24)(H,22,25)/t18-/m1/s1. The van der Waals surface area contributed by atoms with Crippen LogP contribution in [0, 0.1) is 0 Å². The van der Waals surface area contributed by atoms with Crippen LogP contribution in [-0.4, -0.2) is 49.5 Å². The van der Waals surface area contributed by atoms with Crippen LogP contribution in [0.1, 0.15) is 23.0 Å². The first-order valence-corrected chi connectivity index (χ1v) is 10.1. The fourth-order valence-electron chi connectivity index (χ4n) is 3.02. The highest BCUT2D eigenvalue weighted by molar-refractivity contribution is 7.09. The van der Waals surface area contributed by atoms with E-state index in [0.29, 0.717) is 19.7 Å². The zero-order valence-electron chi connectivity index (χ0n) is 15.2. The number of rotatable bonds is 7. The van der Waals surface area contributed by atoms with Crippen LogP contribution in [0.15, 0.2) is 47.8 Å². The molecule has 0 bridgehead atoms. The number of nitrogens with zero attached hydrogens (tertiary/aromatic N) is 1. The van der Waals surface area contributed by atoms with Crippen LogP contribution >= 0.6 is 11.3 Å². The lowest BCUT2D eigenvalue weighted by Crippen LogP contribution is -2.42. The van der Waals surface area contributed by atoms with Crippen LogP contribution in [0.4, 0.5) is 0 Å². The molecule has 1 aliphatic rings. The number of ether oxygens (including phenoxy) is 1. The summed E-state index contributed by atoms with van der Waals surface area (Å²) in [6.45, 7) is 4.18. The van der Waals surface area contributed by atoms with E-state index in [1.165, 1.54) is 5.56 Å². The number of hydrogen-bond donors (Lipinski definition) is 2. The Bertz CT molecular complexity index is 721. The van der Waals surface area contributed by atoms with E-state index in [9.17, 15) is 9.59 Å². The van der Waals surface area contributed by atoms with Gasteiger partial charge < -0.3 is 15.4 Å². The van der Waals surface area contributed by atoms with Crippen LogP contribution in [0.5, 0.6) is 0 Å². The molecule has 144 valence electrons. The molecule has 1 fully saturated rings. The van der Waals surface area contributed by atoms with Gasteiger partial charge in [0.25, 0.3) is 0 Å². The monoisotopic (exact) mass is 387 g/mol. The lowest BCUT2D eigenvalue weighted by Gasteiger charge is -2.33. The van der Waals surface area contributed by atoms with Gasteiger partial charge >= 0.3 is 11.8 Å². The van der Waals surface area contributed by atoms with E-state index in [2.05, 4.69) is 27.7 Å². The third-order valence-corrected chi connectivity index (χ3v) is 5.34. The molecule has 1 atom stereocenters. The number of nitrogens with one attached hydrogen (secondary N) is 2. The topological polar surface area (TPSA) is 70.7 Å². The van der Waals surface area contributed by atoms with Crippen molar-refractivity contribution in [2.45, 2.75) is 19.1 Å². The lowest BCUT2D eigenvalue weighted by atomic mass is 10.1. The highest BCUT2D eigenvalue weighted by Crippen LogP contribution is 2.21. The summed E-state index contributed by atoms with van der Waals surface area (Å²) >= 11 is 1.55. The van der Waals surface area contributed by atoms with Gasteiger partial charge in [-0.05, 0) is 23.4 Å². The number of carbonyl (C=O) groups is 2. The molecular formula is C20H25N3O3S.